The minimum Gasteiger partial charge on any atom is -0.462 e. The minimum atomic E-state index is -0.795. The fourth-order valence-electron chi connectivity index (χ4n) is 6.51. The third-order valence-corrected chi connectivity index (χ3v) is 9.94. The Hall–Kier alpha value is -1.88. The molecule has 5 heteroatoms. The van der Waals surface area contributed by atoms with Crippen molar-refractivity contribution in [2.24, 2.45) is 0 Å². The highest BCUT2D eigenvalue weighted by Gasteiger charge is 2.16. The number of ether oxygens (including phenoxy) is 2. The lowest BCUT2D eigenvalue weighted by Gasteiger charge is -2.15. The van der Waals surface area contributed by atoms with Gasteiger partial charge in [-0.3, -0.25) is 9.59 Å². The highest BCUT2D eigenvalue weighted by atomic mass is 16.6. The number of aliphatic hydroxyl groups is 1. The quantitative estimate of drug-likeness (QED) is 0.0385. The van der Waals surface area contributed by atoms with Crippen LogP contribution in [-0.2, 0) is 19.1 Å². The monoisotopic (exact) mass is 731 g/mol. The third-order valence-electron chi connectivity index (χ3n) is 9.94. The van der Waals surface area contributed by atoms with Gasteiger partial charge >= 0.3 is 11.9 Å². The maximum absolute atomic E-state index is 12.2. The van der Waals surface area contributed by atoms with Crippen LogP contribution < -0.4 is 0 Å². The minimum absolute atomic E-state index is 0.0825. The van der Waals surface area contributed by atoms with E-state index >= 15 is 0 Å². The molecule has 0 radical (unpaired) electrons. The van der Waals surface area contributed by atoms with Crippen molar-refractivity contribution in [3.05, 3.63) is 36.5 Å². The average Bonchev–Trinajstić information content (AvgIpc) is 3.15. The Labute approximate surface area is 323 Å². The van der Waals surface area contributed by atoms with Gasteiger partial charge in [-0.1, -0.05) is 211 Å². The highest BCUT2D eigenvalue weighted by molar-refractivity contribution is 5.70. The molecule has 5 nitrogen and oxygen atoms in total. The third kappa shape index (κ3) is 40.9. The molecular formula is C47H86O5. The first kappa shape index (κ1) is 50.1. The maximum Gasteiger partial charge on any atom is 0.306 e. The molecule has 0 aliphatic carbocycles. The van der Waals surface area contributed by atoms with Gasteiger partial charge in [0.1, 0.15) is 6.61 Å². The number of carbonyl (C=O) groups excluding carboxylic acids is 2. The van der Waals surface area contributed by atoms with Crippen molar-refractivity contribution < 1.29 is 24.2 Å². The summed E-state index contributed by atoms with van der Waals surface area (Å²) in [5, 5.41) is 9.57. The molecule has 0 aromatic rings. The molecule has 0 aromatic heterocycles. The van der Waals surface area contributed by atoms with Gasteiger partial charge in [-0.2, -0.15) is 0 Å². The molecule has 0 saturated carbocycles. The van der Waals surface area contributed by atoms with Crippen molar-refractivity contribution >= 4 is 11.9 Å². The molecule has 0 aromatic carbocycles. The Morgan fingerprint density at radius 1 is 0.442 bits per heavy atom. The fraction of sp³-hybridized carbons (Fsp3) is 0.830. The van der Waals surface area contributed by atoms with Gasteiger partial charge in [0.15, 0.2) is 6.10 Å². The predicted octanol–water partition coefficient (Wildman–Crippen LogP) is 14.4. The number of carbonyl (C=O) groups is 2. The number of unbranched alkanes of at least 4 members (excludes halogenated alkanes) is 27. The highest BCUT2D eigenvalue weighted by Crippen LogP contribution is 2.16. The number of allylic oxidation sites excluding steroid dienone is 6. The van der Waals surface area contributed by atoms with Crippen LogP contribution in [0.15, 0.2) is 36.5 Å². The Balaban J connectivity index is 3.55. The van der Waals surface area contributed by atoms with E-state index in [0.717, 1.165) is 38.5 Å². The molecule has 52 heavy (non-hydrogen) atoms. The normalized spacial score (nSPS) is 12.4. The van der Waals surface area contributed by atoms with Gasteiger partial charge in [0.05, 0.1) is 6.61 Å². The second kappa shape index (κ2) is 43.5. The number of hydrogen-bond acceptors (Lipinski definition) is 5. The summed E-state index contributed by atoms with van der Waals surface area (Å²) in [7, 11) is 0. The molecule has 0 fully saturated rings. The van der Waals surface area contributed by atoms with Crippen molar-refractivity contribution in [2.75, 3.05) is 13.2 Å². The molecule has 0 unspecified atom stereocenters. The van der Waals surface area contributed by atoms with Crippen molar-refractivity contribution in [3.63, 3.8) is 0 Å². The largest absolute Gasteiger partial charge is 0.462 e. The summed E-state index contributed by atoms with van der Waals surface area (Å²) in [5.74, 6) is -0.642. The van der Waals surface area contributed by atoms with Crippen LogP contribution in [0.4, 0.5) is 0 Å². The van der Waals surface area contributed by atoms with E-state index in [1.165, 1.54) is 161 Å². The zero-order chi connectivity index (χ0) is 37.8. The summed E-state index contributed by atoms with van der Waals surface area (Å²) >= 11 is 0. The standard InChI is InChI=1S/C47H86O5/c1-3-5-7-9-11-13-15-17-19-21-22-23-24-26-27-29-31-33-35-37-39-41-46(49)51-44-45(43-48)52-47(50)42-40-38-36-34-32-30-28-25-20-18-16-14-12-10-8-6-4-2/h18,20,28,30,34,36,45,48H,3-17,19,21-27,29,31-33,35,37-44H2,1-2H3/t45-/m0/s1. The Morgan fingerprint density at radius 3 is 1.21 bits per heavy atom. The summed E-state index contributed by atoms with van der Waals surface area (Å²) in [6.07, 6.45) is 53.7. The fourth-order valence-corrected chi connectivity index (χ4v) is 6.51. The molecule has 0 rings (SSSR count). The Kier molecular flexibility index (Phi) is 42.0. The second-order valence-electron chi connectivity index (χ2n) is 15.1. The lowest BCUT2D eigenvalue weighted by molar-refractivity contribution is -0.161. The SMILES string of the molecule is CCCCCCCCC=CCC=CCC=CCCCC(=O)O[C@@H](CO)COC(=O)CCCCCCCCCCCCCCCCCCCCCCC. The molecule has 1 N–H and O–H groups in total. The molecule has 0 spiro atoms. The molecule has 0 aliphatic rings. The van der Waals surface area contributed by atoms with Crippen LogP contribution in [0.5, 0.6) is 0 Å². The first-order valence-electron chi connectivity index (χ1n) is 22.5. The van der Waals surface area contributed by atoms with Crippen molar-refractivity contribution in [3.8, 4) is 0 Å². The van der Waals surface area contributed by atoms with E-state index in [1.54, 1.807) is 0 Å². The zero-order valence-electron chi connectivity index (χ0n) is 34.6. The Morgan fingerprint density at radius 2 is 0.788 bits per heavy atom. The molecule has 0 heterocycles. The van der Waals surface area contributed by atoms with Crippen LogP contribution in [0.2, 0.25) is 0 Å². The van der Waals surface area contributed by atoms with Crippen LogP contribution in [-0.4, -0.2) is 36.4 Å². The molecule has 304 valence electrons. The van der Waals surface area contributed by atoms with Gasteiger partial charge in [0, 0.05) is 12.8 Å². The first-order valence-corrected chi connectivity index (χ1v) is 22.5. The van der Waals surface area contributed by atoms with Crippen LogP contribution in [0.25, 0.3) is 0 Å². The predicted molar refractivity (Wildman–Crippen MR) is 224 cm³/mol. The van der Waals surface area contributed by atoms with Crippen LogP contribution in [0.1, 0.15) is 232 Å². The summed E-state index contributed by atoms with van der Waals surface area (Å²) < 4.78 is 10.6. The second-order valence-corrected chi connectivity index (χ2v) is 15.1. The van der Waals surface area contributed by atoms with E-state index in [0.29, 0.717) is 12.8 Å². The molecule has 1 atom stereocenters. The Bertz CT molecular complexity index is 832. The van der Waals surface area contributed by atoms with E-state index in [-0.39, 0.29) is 31.6 Å². The average molecular weight is 731 g/mol. The summed E-state index contributed by atoms with van der Waals surface area (Å²) in [6, 6.07) is 0. The molecule has 0 aliphatic heterocycles. The summed E-state index contributed by atoms with van der Waals surface area (Å²) in [5.41, 5.74) is 0. The van der Waals surface area contributed by atoms with Gasteiger partial charge in [0.2, 0.25) is 0 Å². The van der Waals surface area contributed by atoms with Crippen LogP contribution >= 0.6 is 0 Å². The van der Waals surface area contributed by atoms with Crippen molar-refractivity contribution in [2.45, 2.75) is 238 Å². The number of aliphatic hydroxyl groups excluding tert-OH is 1. The van der Waals surface area contributed by atoms with Gasteiger partial charge in [-0.15, -0.1) is 0 Å². The van der Waals surface area contributed by atoms with Gasteiger partial charge in [0.25, 0.3) is 0 Å². The lowest BCUT2D eigenvalue weighted by atomic mass is 10.0. The van der Waals surface area contributed by atoms with E-state index in [4.69, 9.17) is 9.47 Å². The number of hydrogen-bond donors (Lipinski definition) is 1. The smallest absolute Gasteiger partial charge is 0.306 e. The zero-order valence-corrected chi connectivity index (χ0v) is 34.6. The van der Waals surface area contributed by atoms with E-state index < -0.39 is 6.10 Å². The van der Waals surface area contributed by atoms with Crippen molar-refractivity contribution in [1.29, 1.82) is 0 Å². The first-order chi connectivity index (χ1) is 25.6. The van der Waals surface area contributed by atoms with Crippen molar-refractivity contribution in [1.82, 2.24) is 0 Å². The van der Waals surface area contributed by atoms with Gasteiger partial charge < -0.3 is 14.6 Å². The van der Waals surface area contributed by atoms with Gasteiger partial charge in [-0.05, 0) is 44.9 Å². The van der Waals surface area contributed by atoms with Gasteiger partial charge in [-0.25, -0.2) is 0 Å². The molecule has 0 amide bonds. The van der Waals surface area contributed by atoms with Crippen LogP contribution in [0, 0.1) is 0 Å². The van der Waals surface area contributed by atoms with E-state index in [2.05, 4.69) is 50.3 Å². The summed E-state index contributed by atoms with van der Waals surface area (Å²) in [6.45, 7) is 4.11. The maximum atomic E-state index is 12.2. The molecular weight excluding hydrogens is 645 g/mol. The van der Waals surface area contributed by atoms with E-state index in [1.807, 2.05) is 0 Å². The van der Waals surface area contributed by atoms with Crippen LogP contribution in [0.3, 0.4) is 0 Å². The number of rotatable bonds is 41. The summed E-state index contributed by atoms with van der Waals surface area (Å²) in [4.78, 5) is 24.3. The van der Waals surface area contributed by atoms with E-state index in [9.17, 15) is 14.7 Å². The molecule has 0 bridgehead atoms. The number of esters is 2. The topological polar surface area (TPSA) is 72.8 Å². The molecule has 0 saturated heterocycles. The lowest BCUT2D eigenvalue weighted by Crippen LogP contribution is -2.28.